The van der Waals surface area contributed by atoms with E-state index >= 15 is 0 Å². The van der Waals surface area contributed by atoms with Crippen molar-refractivity contribution in [2.24, 2.45) is 0 Å². The number of hydrogen-bond donors (Lipinski definition) is 1. The first-order valence-electron chi connectivity index (χ1n) is 7.59. The fourth-order valence-electron chi connectivity index (χ4n) is 2.78. The number of hydrogen-bond acceptors (Lipinski definition) is 3. The Labute approximate surface area is 125 Å². The zero-order valence-electron chi connectivity index (χ0n) is 13.0. The van der Waals surface area contributed by atoms with Gasteiger partial charge in [-0.1, -0.05) is 19.9 Å². The van der Waals surface area contributed by atoms with Gasteiger partial charge in [0.25, 0.3) is 0 Å². The maximum Gasteiger partial charge on any atom is 0.137 e. The lowest BCUT2D eigenvalue weighted by Crippen LogP contribution is -3.10. The van der Waals surface area contributed by atoms with E-state index in [2.05, 4.69) is 18.8 Å². The summed E-state index contributed by atoms with van der Waals surface area (Å²) in [5, 5.41) is 11.4. The molecule has 5 heteroatoms. The van der Waals surface area contributed by atoms with E-state index < -0.39 is 5.97 Å². The van der Waals surface area contributed by atoms with E-state index in [9.17, 15) is 9.90 Å². The molecule has 0 aliphatic rings. The molecule has 2 aromatic heterocycles. The summed E-state index contributed by atoms with van der Waals surface area (Å²) in [5.74, 6) is -1.20. The number of nitrogens with one attached hydrogen (secondary N) is 1. The zero-order valence-corrected chi connectivity index (χ0v) is 13.0. The van der Waals surface area contributed by atoms with Crippen LogP contribution in [0.4, 0.5) is 0 Å². The van der Waals surface area contributed by atoms with Crippen molar-refractivity contribution in [3.8, 4) is 0 Å². The molecule has 0 fully saturated rings. The van der Waals surface area contributed by atoms with Crippen LogP contribution in [0.15, 0.2) is 18.3 Å². The highest BCUT2D eigenvalue weighted by Gasteiger charge is 2.18. The topological polar surface area (TPSA) is 61.9 Å². The van der Waals surface area contributed by atoms with E-state index in [0.717, 1.165) is 37.2 Å². The average Bonchev–Trinajstić information content (AvgIpc) is 2.78. The van der Waals surface area contributed by atoms with Gasteiger partial charge in [0.05, 0.1) is 19.1 Å². The van der Waals surface area contributed by atoms with Gasteiger partial charge in [0.2, 0.25) is 0 Å². The van der Waals surface area contributed by atoms with Crippen molar-refractivity contribution in [3.63, 3.8) is 0 Å². The third-order valence-corrected chi connectivity index (χ3v) is 3.68. The number of carboxylic acid groups (broad SMARTS) is 1. The number of carbonyl (C=O) groups is 1. The molecule has 0 radical (unpaired) electrons. The molecule has 114 valence electrons. The quantitative estimate of drug-likeness (QED) is 0.792. The second kappa shape index (κ2) is 6.72. The van der Waals surface area contributed by atoms with E-state index in [1.165, 1.54) is 4.90 Å². The molecule has 1 N–H and O–H groups in total. The molecule has 0 bridgehead atoms. The Balaban J connectivity index is 2.45. The Morgan fingerprint density at radius 2 is 1.95 bits per heavy atom. The van der Waals surface area contributed by atoms with Gasteiger partial charge < -0.3 is 14.8 Å². The molecule has 0 amide bonds. The van der Waals surface area contributed by atoms with Gasteiger partial charge in [0, 0.05) is 6.20 Å². The largest absolute Gasteiger partial charge is 0.543 e. The summed E-state index contributed by atoms with van der Waals surface area (Å²) in [6, 6.07) is 3.79. The van der Waals surface area contributed by atoms with Crippen molar-refractivity contribution in [2.75, 3.05) is 13.1 Å². The molecule has 2 aromatic rings. The molecule has 0 saturated carbocycles. The summed E-state index contributed by atoms with van der Waals surface area (Å²) in [7, 11) is 0. The van der Waals surface area contributed by atoms with Crippen LogP contribution in [0.2, 0.25) is 0 Å². The number of aromatic carboxylic acids is 1. The van der Waals surface area contributed by atoms with E-state index in [4.69, 9.17) is 0 Å². The summed E-state index contributed by atoms with van der Waals surface area (Å²) >= 11 is 0. The molecule has 2 heterocycles. The number of nitrogens with zero attached hydrogens (tertiary/aromatic N) is 2. The molecule has 21 heavy (non-hydrogen) atoms. The normalized spacial score (nSPS) is 11.4. The smallest absolute Gasteiger partial charge is 0.137 e. The SMILES string of the molecule is CCC[NH+](CCC)Cc1c(C(=O)[O-])nc2ccc(C)cn12. The van der Waals surface area contributed by atoms with Crippen molar-refractivity contribution in [2.45, 2.75) is 40.2 Å². The first-order valence-corrected chi connectivity index (χ1v) is 7.59. The number of pyridine rings is 1. The second-order valence-corrected chi connectivity index (χ2v) is 5.56. The van der Waals surface area contributed by atoms with Crippen LogP contribution in [-0.2, 0) is 6.54 Å². The second-order valence-electron chi connectivity index (χ2n) is 5.56. The highest BCUT2D eigenvalue weighted by Crippen LogP contribution is 2.13. The first-order chi connectivity index (χ1) is 10.1. The number of aryl methyl sites for hydroxylation is 1. The highest BCUT2D eigenvalue weighted by atomic mass is 16.4. The van der Waals surface area contributed by atoms with Gasteiger partial charge in [-0.2, -0.15) is 0 Å². The Morgan fingerprint density at radius 1 is 1.29 bits per heavy atom. The lowest BCUT2D eigenvalue weighted by Gasteiger charge is -2.19. The number of fused-ring (bicyclic) bond motifs is 1. The number of carboxylic acids is 1. The van der Waals surface area contributed by atoms with Crippen LogP contribution in [0, 0.1) is 6.92 Å². The number of imidazole rings is 1. The Bertz CT molecular complexity index is 628. The minimum atomic E-state index is -1.20. The monoisotopic (exact) mass is 289 g/mol. The van der Waals surface area contributed by atoms with Crippen LogP contribution >= 0.6 is 0 Å². The maximum atomic E-state index is 11.4. The Hall–Kier alpha value is -1.88. The van der Waals surface area contributed by atoms with Crippen molar-refractivity contribution in [1.29, 1.82) is 0 Å². The minimum absolute atomic E-state index is 0.0744. The zero-order chi connectivity index (χ0) is 15.4. The Morgan fingerprint density at radius 3 is 2.52 bits per heavy atom. The molecular formula is C16H23N3O2. The highest BCUT2D eigenvalue weighted by molar-refractivity contribution is 5.86. The van der Waals surface area contributed by atoms with Gasteiger partial charge in [0.1, 0.15) is 23.6 Å². The fourth-order valence-corrected chi connectivity index (χ4v) is 2.78. The van der Waals surface area contributed by atoms with Crippen molar-refractivity contribution in [1.82, 2.24) is 9.38 Å². The molecular weight excluding hydrogens is 266 g/mol. The minimum Gasteiger partial charge on any atom is -0.543 e. The van der Waals surface area contributed by atoms with Gasteiger partial charge in [-0.05, 0) is 31.4 Å². The molecule has 0 saturated heterocycles. The van der Waals surface area contributed by atoms with E-state index in [0.29, 0.717) is 12.2 Å². The summed E-state index contributed by atoms with van der Waals surface area (Å²) in [6.07, 6.45) is 4.09. The summed E-state index contributed by atoms with van der Waals surface area (Å²) in [5.41, 5.74) is 2.57. The van der Waals surface area contributed by atoms with Crippen LogP contribution < -0.4 is 10.0 Å². The first kappa shape index (κ1) is 15.5. The number of aromatic nitrogens is 2. The van der Waals surface area contributed by atoms with Gasteiger partial charge in [0.15, 0.2) is 0 Å². The third-order valence-electron chi connectivity index (χ3n) is 3.68. The van der Waals surface area contributed by atoms with Crippen LogP contribution in [0.1, 0.15) is 48.4 Å². The predicted molar refractivity (Wildman–Crippen MR) is 79.2 cm³/mol. The van der Waals surface area contributed by atoms with Gasteiger partial charge in [-0.25, -0.2) is 4.98 Å². The molecule has 0 atom stereocenters. The molecule has 2 rings (SSSR count). The van der Waals surface area contributed by atoms with Crippen LogP contribution in [-0.4, -0.2) is 28.4 Å². The van der Waals surface area contributed by atoms with E-state index in [1.54, 1.807) is 0 Å². The van der Waals surface area contributed by atoms with Crippen LogP contribution in [0.3, 0.4) is 0 Å². The Kier molecular flexibility index (Phi) is 4.96. The van der Waals surface area contributed by atoms with Crippen LogP contribution in [0.5, 0.6) is 0 Å². The number of quaternary nitrogens is 1. The average molecular weight is 289 g/mol. The molecule has 0 aliphatic heterocycles. The van der Waals surface area contributed by atoms with Gasteiger partial charge in [-0.15, -0.1) is 0 Å². The summed E-state index contributed by atoms with van der Waals surface area (Å²) in [6.45, 7) is 9.00. The molecule has 0 aromatic carbocycles. The number of rotatable bonds is 7. The van der Waals surface area contributed by atoms with E-state index in [-0.39, 0.29) is 5.69 Å². The van der Waals surface area contributed by atoms with Crippen molar-refractivity contribution in [3.05, 3.63) is 35.3 Å². The van der Waals surface area contributed by atoms with Crippen LogP contribution in [0.25, 0.3) is 5.65 Å². The van der Waals surface area contributed by atoms with Crippen molar-refractivity contribution < 1.29 is 14.8 Å². The third kappa shape index (κ3) is 3.42. The lowest BCUT2D eigenvalue weighted by molar-refractivity contribution is -0.914. The lowest BCUT2D eigenvalue weighted by atomic mass is 10.2. The van der Waals surface area contributed by atoms with Gasteiger partial charge >= 0.3 is 0 Å². The van der Waals surface area contributed by atoms with Gasteiger partial charge in [-0.3, -0.25) is 4.40 Å². The fraction of sp³-hybridized carbons (Fsp3) is 0.500. The molecule has 5 nitrogen and oxygen atoms in total. The molecule has 0 unspecified atom stereocenters. The molecule has 0 spiro atoms. The summed E-state index contributed by atoms with van der Waals surface area (Å²) < 4.78 is 1.89. The molecule has 0 aliphatic carbocycles. The predicted octanol–water partition coefficient (Wildman–Crippen LogP) is 0.211. The van der Waals surface area contributed by atoms with Crippen molar-refractivity contribution >= 4 is 11.6 Å². The standard InChI is InChI=1S/C16H23N3O2/c1-4-8-18(9-5-2)11-13-15(16(20)21)17-14-7-6-12(3)10-19(13)14/h6-7,10H,4-5,8-9,11H2,1-3H3,(H,20,21). The van der Waals surface area contributed by atoms with E-state index in [1.807, 2.05) is 29.7 Å². The number of carbonyl (C=O) groups excluding carboxylic acids is 1. The summed E-state index contributed by atoms with van der Waals surface area (Å²) in [4.78, 5) is 17.0. The maximum absolute atomic E-state index is 11.4.